The Morgan fingerprint density at radius 1 is 1.11 bits per heavy atom. The average Bonchev–Trinajstić information content (AvgIpc) is 3.64. The summed E-state index contributed by atoms with van der Waals surface area (Å²) in [4.78, 5) is 28.0. The highest BCUT2D eigenvalue weighted by atomic mass is 35.5. The number of ether oxygens (including phenoxy) is 2. The van der Waals surface area contributed by atoms with Crippen LogP contribution in [0.4, 0.5) is 23.7 Å². The molecule has 1 amide bonds. The molecule has 11 heteroatoms. The van der Waals surface area contributed by atoms with Crippen LogP contribution in [0.3, 0.4) is 0 Å². The third-order valence-corrected chi connectivity index (χ3v) is 6.96. The second-order valence-electron chi connectivity index (χ2n) is 9.64. The first-order chi connectivity index (χ1) is 17.4. The summed E-state index contributed by atoms with van der Waals surface area (Å²) in [5, 5.41) is 3.92. The molecule has 1 N–H and O–H groups in total. The van der Waals surface area contributed by atoms with E-state index in [0.29, 0.717) is 21.3 Å². The molecule has 2 aliphatic rings. The second kappa shape index (κ2) is 10.6. The molecule has 0 saturated heterocycles. The van der Waals surface area contributed by atoms with Crippen LogP contribution in [0, 0.1) is 11.8 Å². The fourth-order valence-electron chi connectivity index (χ4n) is 4.88. The number of esters is 1. The molecule has 1 fully saturated rings. The number of hydrogen-bond donors (Lipinski definition) is 1. The van der Waals surface area contributed by atoms with E-state index in [9.17, 15) is 22.8 Å². The molecule has 1 heterocycles. The second-order valence-corrected chi connectivity index (χ2v) is 10.5. The Labute approximate surface area is 223 Å². The van der Waals surface area contributed by atoms with Crippen LogP contribution in [-0.2, 0) is 27.0 Å². The molecule has 0 bridgehead atoms. The van der Waals surface area contributed by atoms with Crippen molar-refractivity contribution in [3.8, 4) is 0 Å². The molecule has 1 aliphatic carbocycles. The number of fused-ring (bicyclic) bond motifs is 1. The fourth-order valence-corrected chi connectivity index (χ4v) is 5.45. The highest BCUT2D eigenvalue weighted by Gasteiger charge is 2.52. The Bertz CT molecular complexity index is 1170. The van der Waals surface area contributed by atoms with Gasteiger partial charge < -0.3 is 14.8 Å². The van der Waals surface area contributed by atoms with Gasteiger partial charge in [0.25, 0.3) is 0 Å². The Kier molecular flexibility index (Phi) is 7.85. The number of anilines is 1. The first-order valence-corrected chi connectivity index (χ1v) is 12.6. The first-order valence-electron chi connectivity index (χ1n) is 11.9. The quantitative estimate of drug-likeness (QED) is 0.383. The molecule has 0 radical (unpaired) electrons. The number of methoxy groups -OCH3 is 1. The number of halogens is 5. The van der Waals surface area contributed by atoms with Gasteiger partial charge in [-0.05, 0) is 80.1 Å². The summed E-state index contributed by atoms with van der Waals surface area (Å²) in [5.74, 6) is -1.49. The van der Waals surface area contributed by atoms with Crippen LogP contribution in [0.2, 0.25) is 10.0 Å². The van der Waals surface area contributed by atoms with E-state index >= 15 is 0 Å². The van der Waals surface area contributed by atoms with Crippen molar-refractivity contribution >= 4 is 41.0 Å². The van der Waals surface area contributed by atoms with Gasteiger partial charge in [0.05, 0.1) is 24.8 Å². The van der Waals surface area contributed by atoms with Crippen molar-refractivity contribution < 1.29 is 32.2 Å². The molecule has 1 aliphatic heterocycles. The van der Waals surface area contributed by atoms with Crippen LogP contribution in [0.1, 0.15) is 49.4 Å². The molecular formula is C26H27Cl2F3N2O4. The molecule has 200 valence electrons. The third-order valence-electron chi connectivity index (χ3n) is 6.52. The lowest BCUT2D eigenvalue weighted by atomic mass is 9.78. The Morgan fingerprint density at radius 3 is 2.30 bits per heavy atom. The summed E-state index contributed by atoms with van der Waals surface area (Å²) < 4.78 is 51.9. The minimum Gasteiger partial charge on any atom is -0.463 e. The van der Waals surface area contributed by atoms with Gasteiger partial charge in [-0.3, -0.25) is 9.69 Å². The van der Waals surface area contributed by atoms with Crippen molar-refractivity contribution in [1.82, 2.24) is 4.90 Å². The van der Waals surface area contributed by atoms with Crippen LogP contribution in [0.5, 0.6) is 0 Å². The maximum Gasteiger partial charge on any atom is 0.416 e. The van der Waals surface area contributed by atoms with Crippen LogP contribution in [-0.4, -0.2) is 36.2 Å². The highest BCUT2D eigenvalue weighted by molar-refractivity contribution is 6.34. The number of nitrogens with zero attached hydrogens (tertiary/aromatic N) is 1. The zero-order valence-electron chi connectivity index (χ0n) is 20.4. The van der Waals surface area contributed by atoms with Crippen LogP contribution >= 0.6 is 23.2 Å². The number of alkyl halides is 3. The molecule has 1 saturated carbocycles. The number of amides is 1. The lowest BCUT2D eigenvalue weighted by Crippen LogP contribution is -2.51. The molecule has 3 atom stereocenters. The molecule has 37 heavy (non-hydrogen) atoms. The van der Waals surface area contributed by atoms with Crippen LogP contribution in [0.15, 0.2) is 36.4 Å². The monoisotopic (exact) mass is 558 g/mol. The molecule has 0 aromatic heterocycles. The Hall–Kier alpha value is -2.65. The molecule has 6 nitrogen and oxygen atoms in total. The Balaban J connectivity index is 1.90. The maximum atomic E-state index is 13.7. The number of hydrogen-bond acceptors (Lipinski definition) is 5. The minimum absolute atomic E-state index is 0.0998. The fraction of sp³-hybridized carbons (Fsp3) is 0.462. The van der Waals surface area contributed by atoms with Gasteiger partial charge in [-0.15, -0.1) is 0 Å². The van der Waals surface area contributed by atoms with E-state index in [1.807, 2.05) is 0 Å². The molecule has 2 aromatic carbocycles. The highest BCUT2D eigenvalue weighted by Crippen LogP contribution is 2.50. The summed E-state index contributed by atoms with van der Waals surface area (Å²) in [5.41, 5.74) is 0.195. The first kappa shape index (κ1) is 27.4. The normalized spacial score (nSPS) is 21.2. The number of rotatable bonds is 6. The van der Waals surface area contributed by atoms with Crippen molar-refractivity contribution in [2.75, 3.05) is 12.4 Å². The standard InChI is InChI=1S/C26H27Cl2F3N2O4/c1-13(2)37-24(34)21-22(15-4-5-15)32-20-7-6-16(26(29,30)31)10-19(20)23(21)33(25(35)36-3)12-14-8-17(27)11-18(28)9-14/h6-11,13,15,21-23,32H,4-5,12H2,1-3H3/t21-,22+,23?/m0/s1. The van der Waals surface area contributed by atoms with E-state index in [4.69, 9.17) is 32.7 Å². The maximum absolute atomic E-state index is 13.7. The molecule has 2 aromatic rings. The van der Waals surface area contributed by atoms with Gasteiger partial charge >= 0.3 is 18.2 Å². The van der Waals surface area contributed by atoms with Crippen molar-refractivity contribution in [2.24, 2.45) is 11.8 Å². The van der Waals surface area contributed by atoms with Gasteiger partial charge in [-0.25, -0.2) is 4.79 Å². The SMILES string of the molecule is COC(=O)N(Cc1cc(Cl)cc(Cl)c1)C1c2cc(C(F)(F)F)ccc2N[C@H](C2CC2)[C@@H]1C(=O)OC(C)C. The molecule has 4 rings (SSSR count). The van der Waals surface area contributed by atoms with E-state index in [1.165, 1.54) is 24.1 Å². The topological polar surface area (TPSA) is 67.9 Å². The van der Waals surface area contributed by atoms with Gasteiger partial charge in [0, 0.05) is 28.3 Å². The summed E-state index contributed by atoms with van der Waals surface area (Å²) in [7, 11) is 1.17. The smallest absolute Gasteiger partial charge is 0.416 e. The zero-order valence-corrected chi connectivity index (χ0v) is 22.0. The lowest BCUT2D eigenvalue weighted by molar-refractivity contribution is -0.156. The summed E-state index contributed by atoms with van der Waals surface area (Å²) in [6.45, 7) is 3.27. The summed E-state index contributed by atoms with van der Waals surface area (Å²) >= 11 is 12.3. The predicted octanol–water partition coefficient (Wildman–Crippen LogP) is 7.09. The van der Waals surface area contributed by atoms with Gasteiger partial charge in [0.1, 0.15) is 5.92 Å². The van der Waals surface area contributed by atoms with Crippen LogP contribution in [0.25, 0.3) is 0 Å². The molecule has 1 unspecified atom stereocenters. The van der Waals surface area contributed by atoms with Crippen molar-refractivity contribution in [2.45, 2.75) is 57.6 Å². The predicted molar refractivity (Wildman–Crippen MR) is 133 cm³/mol. The molecule has 0 spiro atoms. The third kappa shape index (κ3) is 6.09. The lowest BCUT2D eigenvalue weighted by Gasteiger charge is -2.44. The van der Waals surface area contributed by atoms with E-state index in [-0.39, 0.29) is 18.0 Å². The van der Waals surface area contributed by atoms with E-state index < -0.39 is 47.9 Å². The van der Waals surface area contributed by atoms with E-state index in [0.717, 1.165) is 25.0 Å². The molecular weight excluding hydrogens is 532 g/mol. The van der Waals surface area contributed by atoms with Crippen LogP contribution < -0.4 is 5.32 Å². The van der Waals surface area contributed by atoms with Gasteiger partial charge in [-0.1, -0.05) is 23.2 Å². The minimum atomic E-state index is -4.63. The van der Waals surface area contributed by atoms with Crippen molar-refractivity contribution in [1.29, 1.82) is 0 Å². The number of benzene rings is 2. The number of carbonyl (C=O) groups is 2. The van der Waals surface area contributed by atoms with E-state index in [1.54, 1.807) is 26.0 Å². The summed E-state index contributed by atoms with van der Waals surface area (Å²) in [6, 6.07) is 6.46. The summed E-state index contributed by atoms with van der Waals surface area (Å²) in [6.07, 6.45) is -4.23. The van der Waals surface area contributed by atoms with Crippen molar-refractivity contribution in [3.63, 3.8) is 0 Å². The van der Waals surface area contributed by atoms with Gasteiger partial charge in [-0.2, -0.15) is 13.2 Å². The van der Waals surface area contributed by atoms with Gasteiger partial charge in [0.2, 0.25) is 0 Å². The largest absolute Gasteiger partial charge is 0.463 e. The number of carbonyl (C=O) groups excluding carboxylic acids is 2. The Morgan fingerprint density at radius 2 is 1.76 bits per heavy atom. The van der Waals surface area contributed by atoms with E-state index in [2.05, 4.69) is 5.32 Å². The van der Waals surface area contributed by atoms with Gasteiger partial charge in [0.15, 0.2) is 0 Å². The zero-order chi connectivity index (χ0) is 27.1. The number of nitrogens with one attached hydrogen (secondary N) is 1. The average molecular weight is 559 g/mol. The van der Waals surface area contributed by atoms with Crippen molar-refractivity contribution in [3.05, 3.63) is 63.1 Å².